The standard InChI is InChI=1S/C15H16ClF3O3/c1-22-12-10(7-9(8-11(12)16)15(17,18)19)14(13(20)21)5-3-2-4-6-14/h7-8H,2-6H2,1H3,(H,20,21). The average molecular weight is 337 g/mol. The number of aliphatic carboxylic acids is 1. The zero-order valence-electron chi connectivity index (χ0n) is 12.0. The van der Waals surface area contributed by atoms with Gasteiger partial charge in [-0.2, -0.15) is 13.2 Å². The minimum atomic E-state index is -4.60. The predicted molar refractivity (Wildman–Crippen MR) is 75.4 cm³/mol. The summed E-state index contributed by atoms with van der Waals surface area (Å²) in [6.07, 6.45) is -1.90. The Morgan fingerprint density at radius 3 is 2.32 bits per heavy atom. The molecule has 1 fully saturated rings. The van der Waals surface area contributed by atoms with Gasteiger partial charge in [0.15, 0.2) is 0 Å². The lowest BCUT2D eigenvalue weighted by Crippen LogP contribution is -2.38. The summed E-state index contributed by atoms with van der Waals surface area (Å²) in [5.74, 6) is -1.13. The van der Waals surface area contributed by atoms with E-state index in [4.69, 9.17) is 16.3 Å². The number of carbonyl (C=O) groups is 1. The summed E-state index contributed by atoms with van der Waals surface area (Å²) in [5, 5.41) is 9.44. The highest BCUT2D eigenvalue weighted by Gasteiger charge is 2.45. The topological polar surface area (TPSA) is 46.5 Å². The van der Waals surface area contributed by atoms with Gasteiger partial charge in [0.2, 0.25) is 0 Å². The summed E-state index contributed by atoms with van der Waals surface area (Å²) in [5.41, 5.74) is -2.32. The van der Waals surface area contributed by atoms with Crippen LogP contribution in [0.1, 0.15) is 43.2 Å². The zero-order valence-corrected chi connectivity index (χ0v) is 12.7. The monoisotopic (exact) mass is 336 g/mol. The van der Waals surface area contributed by atoms with Gasteiger partial charge in [0.05, 0.1) is 23.1 Å². The number of carboxylic acid groups (broad SMARTS) is 1. The number of alkyl halides is 3. The van der Waals surface area contributed by atoms with Crippen LogP contribution in [0.15, 0.2) is 12.1 Å². The lowest BCUT2D eigenvalue weighted by molar-refractivity contribution is -0.146. The quantitative estimate of drug-likeness (QED) is 0.873. The van der Waals surface area contributed by atoms with Crippen LogP contribution in [0.2, 0.25) is 5.02 Å². The molecule has 122 valence electrons. The molecule has 1 N–H and O–H groups in total. The van der Waals surface area contributed by atoms with Crippen LogP contribution < -0.4 is 4.74 Å². The second-order valence-corrected chi connectivity index (χ2v) is 5.89. The van der Waals surface area contributed by atoms with Crippen molar-refractivity contribution in [1.82, 2.24) is 0 Å². The van der Waals surface area contributed by atoms with Crippen LogP contribution in [-0.4, -0.2) is 18.2 Å². The molecule has 2 rings (SSSR count). The first kappa shape index (κ1) is 16.9. The Morgan fingerprint density at radius 2 is 1.86 bits per heavy atom. The van der Waals surface area contributed by atoms with Crippen molar-refractivity contribution in [3.63, 3.8) is 0 Å². The molecule has 1 aliphatic rings. The first-order valence-corrected chi connectivity index (χ1v) is 7.29. The van der Waals surface area contributed by atoms with E-state index in [1.807, 2.05) is 0 Å². The molecule has 0 heterocycles. The Morgan fingerprint density at radius 1 is 1.27 bits per heavy atom. The summed E-state index contributed by atoms with van der Waals surface area (Å²) in [4.78, 5) is 11.8. The molecule has 7 heteroatoms. The molecule has 1 aliphatic carbocycles. The molecule has 1 saturated carbocycles. The Kier molecular flexibility index (Phi) is 4.61. The Labute approximate surface area is 131 Å². The van der Waals surface area contributed by atoms with Crippen molar-refractivity contribution in [2.75, 3.05) is 7.11 Å². The van der Waals surface area contributed by atoms with Crippen LogP contribution in [-0.2, 0) is 16.4 Å². The molecule has 0 saturated heterocycles. The van der Waals surface area contributed by atoms with Crippen molar-refractivity contribution in [1.29, 1.82) is 0 Å². The van der Waals surface area contributed by atoms with Gasteiger partial charge in [0, 0.05) is 5.56 Å². The van der Waals surface area contributed by atoms with Crippen LogP contribution >= 0.6 is 11.6 Å². The number of halogens is 4. The molecule has 22 heavy (non-hydrogen) atoms. The molecule has 0 unspecified atom stereocenters. The molecule has 0 aromatic heterocycles. The van der Waals surface area contributed by atoms with Gasteiger partial charge in [0.1, 0.15) is 5.75 Å². The van der Waals surface area contributed by atoms with Crippen LogP contribution in [0.3, 0.4) is 0 Å². The summed E-state index contributed by atoms with van der Waals surface area (Å²) in [7, 11) is 1.27. The second-order valence-electron chi connectivity index (χ2n) is 5.48. The van der Waals surface area contributed by atoms with E-state index in [9.17, 15) is 23.1 Å². The maximum Gasteiger partial charge on any atom is 0.416 e. The first-order valence-electron chi connectivity index (χ1n) is 6.91. The SMILES string of the molecule is COc1c(Cl)cc(C(F)(F)F)cc1C1(C(=O)O)CCCCC1. The summed E-state index contributed by atoms with van der Waals surface area (Å²) < 4.78 is 44.2. The lowest BCUT2D eigenvalue weighted by atomic mass is 9.69. The van der Waals surface area contributed by atoms with E-state index in [2.05, 4.69) is 0 Å². The van der Waals surface area contributed by atoms with Crippen LogP contribution in [0.25, 0.3) is 0 Å². The van der Waals surface area contributed by atoms with Crippen molar-refractivity contribution in [2.45, 2.75) is 43.7 Å². The Balaban J connectivity index is 2.70. The lowest BCUT2D eigenvalue weighted by Gasteiger charge is -2.35. The van der Waals surface area contributed by atoms with Gasteiger partial charge in [-0.25, -0.2) is 0 Å². The molecular weight excluding hydrogens is 321 g/mol. The fourth-order valence-corrected chi connectivity index (χ4v) is 3.37. The third-order valence-corrected chi connectivity index (χ3v) is 4.49. The summed E-state index contributed by atoms with van der Waals surface area (Å²) >= 11 is 5.91. The number of hydrogen-bond donors (Lipinski definition) is 1. The second kappa shape index (κ2) is 5.99. The molecule has 0 atom stereocenters. The zero-order chi connectivity index (χ0) is 16.5. The van der Waals surface area contributed by atoms with Crippen molar-refractivity contribution < 1.29 is 27.8 Å². The normalized spacial score (nSPS) is 18.0. The van der Waals surface area contributed by atoms with E-state index < -0.39 is 23.1 Å². The molecule has 0 amide bonds. The fourth-order valence-electron chi connectivity index (χ4n) is 3.07. The minimum absolute atomic E-state index is 0.0129. The minimum Gasteiger partial charge on any atom is -0.495 e. The van der Waals surface area contributed by atoms with E-state index in [0.717, 1.165) is 18.6 Å². The highest BCUT2D eigenvalue weighted by molar-refractivity contribution is 6.32. The first-order chi connectivity index (χ1) is 10.2. The van der Waals surface area contributed by atoms with Crippen LogP contribution in [0.5, 0.6) is 5.75 Å². The van der Waals surface area contributed by atoms with Gasteiger partial charge in [0.25, 0.3) is 0 Å². The highest BCUT2D eigenvalue weighted by atomic mass is 35.5. The maximum absolute atomic E-state index is 13.0. The van der Waals surface area contributed by atoms with Crippen molar-refractivity contribution in [3.8, 4) is 5.75 Å². The number of carboxylic acids is 1. The largest absolute Gasteiger partial charge is 0.495 e. The molecular formula is C15H16ClF3O3. The van der Waals surface area contributed by atoms with Gasteiger partial charge in [-0.05, 0) is 25.0 Å². The van der Waals surface area contributed by atoms with E-state index in [1.165, 1.54) is 7.11 Å². The Hall–Kier alpha value is -1.43. The number of methoxy groups -OCH3 is 1. The smallest absolute Gasteiger partial charge is 0.416 e. The summed E-state index contributed by atoms with van der Waals surface area (Å²) in [6.45, 7) is 0. The molecule has 0 bridgehead atoms. The molecule has 3 nitrogen and oxygen atoms in total. The third-order valence-electron chi connectivity index (χ3n) is 4.21. The van der Waals surface area contributed by atoms with Crippen molar-refractivity contribution >= 4 is 17.6 Å². The molecule has 0 spiro atoms. The molecule has 1 aromatic rings. The molecule has 0 aliphatic heterocycles. The van der Waals surface area contributed by atoms with Crippen LogP contribution in [0.4, 0.5) is 13.2 Å². The van der Waals surface area contributed by atoms with Gasteiger partial charge in [-0.1, -0.05) is 30.9 Å². The number of ether oxygens (including phenoxy) is 1. The van der Waals surface area contributed by atoms with E-state index in [1.54, 1.807) is 0 Å². The average Bonchev–Trinajstić information content (AvgIpc) is 2.46. The Bertz CT molecular complexity index is 578. The molecule has 0 radical (unpaired) electrons. The van der Waals surface area contributed by atoms with Gasteiger partial charge < -0.3 is 9.84 Å². The number of benzene rings is 1. The maximum atomic E-state index is 13.0. The van der Waals surface area contributed by atoms with E-state index in [0.29, 0.717) is 12.8 Å². The number of hydrogen-bond acceptors (Lipinski definition) is 2. The predicted octanol–water partition coefficient (Wildman–Crippen LogP) is 4.65. The summed E-state index contributed by atoms with van der Waals surface area (Å²) in [6, 6.07) is 1.63. The van der Waals surface area contributed by atoms with Gasteiger partial charge >= 0.3 is 12.1 Å². The highest BCUT2D eigenvalue weighted by Crippen LogP contribution is 2.48. The fraction of sp³-hybridized carbons (Fsp3) is 0.533. The van der Waals surface area contributed by atoms with Gasteiger partial charge in [-0.3, -0.25) is 4.79 Å². The van der Waals surface area contributed by atoms with Crippen LogP contribution in [0, 0.1) is 0 Å². The van der Waals surface area contributed by atoms with E-state index in [-0.39, 0.29) is 29.2 Å². The van der Waals surface area contributed by atoms with E-state index >= 15 is 0 Å². The molecule has 1 aromatic carbocycles. The number of rotatable bonds is 3. The third kappa shape index (κ3) is 2.89. The van der Waals surface area contributed by atoms with Crippen molar-refractivity contribution in [3.05, 3.63) is 28.3 Å². The van der Waals surface area contributed by atoms with Crippen molar-refractivity contribution in [2.24, 2.45) is 0 Å². The van der Waals surface area contributed by atoms with Gasteiger partial charge in [-0.15, -0.1) is 0 Å².